The molecule has 0 bridgehead atoms. The summed E-state index contributed by atoms with van der Waals surface area (Å²) < 4.78 is 36.9. The summed E-state index contributed by atoms with van der Waals surface area (Å²) in [5.74, 6) is -0.474. The number of amides is 1. The van der Waals surface area contributed by atoms with Crippen LogP contribution in [0, 0.1) is 18.6 Å². The Hall–Kier alpha value is -2.99. The minimum Gasteiger partial charge on any atom is -0.379 e. The van der Waals surface area contributed by atoms with Gasteiger partial charge in [-0.25, -0.2) is 13.6 Å². The molecule has 3 aliphatic rings. The van der Waals surface area contributed by atoms with E-state index in [0.29, 0.717) is 55.5 Å². The molecule has 0 N–H and O–H groups in total. The van der Waals surface area contributed by atoms with Crippen molar-refractivity contribution in [3.05, 3.63) is 63.6 Å². The maximum atomic E-state index is 15.4. The Bertz CT molecular complexity index is 1670. The van der Waals surface area contributed by atoms with Crippen LogP contribution in [0.5, 0.6) is 0 Å². The van der Waals surface area contributed by atoms with E-state index < -0.39 is 11.6 Å². The van der Waals surface area contributed by atoms with Crippen molar-refractivity contribution in [1.29, 1.82) is 0 Å². The number of halogens is 3. The first-order valence-electron chi connectivity index (χ1n) is 14.5. The van der Waals surface area contributed by atoms with E-state index in [1.165, 1.54) is 12.1 Å². The SMILES string of the molecule is C=CC(=O)N1[C@H](C)CN(c2nc(=O)n3c4c(c(-c5cc(Cl)c(F)cc5F)c(C)cc24)SCC(N2CCOCC2)C3)C[C@@H]1C. The van der Waals surface area contributed by atoms with Crippen molar-refractivity contribution in [2.24, 2.45) is 0 Å². The summed E-state index contributed by atoms with van der Waals surface area (Å²) in [6.45, 7) is 13.6. The first-order valence-corrected chi connectivity index (χ1v) is 15.8. The average molecular weight is 630 g/mol. The molecular weight excluding hydrogens is 596 g/mol. The molecular formula is C31H34ClF2N5O3S. The molecule has 6 rings (SSSR count). The van der Waals surface area contributed by atoms with Gasteiger partial charge >= 0.3 is 5.69 Å². The molecule has 0 aliphatic carbocycles. The smallest absolute Gasteiger partial charge is 0.350 e. The first kappa shape index (κ1) is 30.1. The van der Waals surface area contributed by atoms with E-state index in [-0.39, 0.29) is 40.3 Å². The number of ether oxygens (including phenoxy) is 1. The Morgan fingerprint density at radius 2 is 1.81 bits per heavy atom. The van der Waals surface area contributed by atoms with Gasteiger partial charge in [0.2, 0.25) is 5.91 Å². The number of aromatic nitrogens is 2. The predicted molar refractivity (Wildman–Crippen MR) is 166 cm³/mol. The number of benzene rings is 2. The van der Waals surface area contributed by atoms with Gasteiger partial charge in [-0.15, -0.1) is 11.8 Å². The molecule has 1 aromatic heterocycles. The van der Waals surface area contributed by atoms with E-state index >= 15 is 4.39 Å². The molecule has 43 heavy (non-hydrogen) atoms. The van der Waals surface area contributed by atoms with Crippen molar-refractivity contribution in [1.82, 2.24) is 19.4 Å². The fourth-order valence-electron chi connectivity index (χ4n) is 6.76. The number of carbonyl (C=O) groups is 1. The predicted octanol–water partition coefficient (Wildman–Crippen LogP) is 4.72. The summed E-state index contributed by atoms with van der Waals surface area (Å²) in [4.78, 5) is 38.1. The zero-order valence-corrected chi connectivity index (χ0v) is 26.0. The van der Waals surface area contributed by atoms with E-state index in [2.05, 4.69) is 21.4 Å². The lowest BCUT2D eigenvalue weighted by Gasteiger charge is -2.44. The lowest BCUT2D eigenvalue weighted by molar-refractivity contribution is -0.130. The standard InChI is InChI=1S/C31H34ClF2N5O3S/c1-5-26(40)39-18(3)13-37(14-19(39)4)30-22-10-17(2)27(21-11-23(32)25(34)12-24(21)33)29-28(22)38(31(41)35-30)15-20(16-43-29)36-6-8-42-9-7-36/h5,10-12,18-20H,1,6-9,13-16H2,2-4H3/t18-,19+,20?. The number of hydrogen-bond acceptors (Lipinski definition) is 7. The highest BCUT2D eigenvalue weighted by Gasteiger charge is 2.35. The molecule has 0 radical (unpaired) electrons. The van der Waals surface area contributed by atoms with Crippen LogP contribution in [-0.4, -0.2) is 88.5 Å². The number of carbonyl (C=O) groups excluding carboxylic acids is 1. The Morgan fingerprint density at radius 3 is 2.49 bits per heavy atom. The minimum absolute atomic E-state index is 0.0261. The van der Waals surface area contributed by atoms with Gasteiger partial charge in [-0.3, -0.25) is 14.3 Å². The summed E-state index contributed by atoms with van der Waals surface area (Å²) >= 11 is 7.73. The monoisotopic (exact) mass is 629 g/mol. The third-order valence-corrected chi connectivity index (χ3v) is 10.2. The number of rotatable bonds is 4. The van der Waals surface area contributed by atoms with Crippen LogP contribution in [0.15, 0.2) is 40.5 Å². The Balaban J connectivity index is 1.56. The Morgan fingerprint density at radius 1 is 1.12 bits per heavy atom. The van der Waals surface area contributed by atoms with E-state index in [4.69, 9.17) is 16.3 Å². The fraction of sp³-hybridized carbons (Fsp3) is 0.452. The van der Waals surface area contributed by atoms with Crippen molar-refractivity contribution >= 4 is 46.0 Å². The summed E-state index contributed by atoms with van der Waals surface area (Å²) in [5.41, 5.74) is 1.83. The lowest BCUT2D eigenvalue weighted by Crippen LogP contribution is -2.58. The summed E-state index contributed by atoms with van der Waals surface area (Å²) in [6.07, 6.45) is 1.33. The zero-order valence-electron chi connectivity index (χ0n) is 24.4. The molecule has 8 nitrogen and oxygen atoms in total. The van der Waals surface area contributed by atoms with Gasteiger partial charge in [0.1, 0.15) is 17.5 Å². The topological polar surface area (TPSA) is 70.9 Å². The van der Waals surface area contributed by atoms with Crippen LogP contribution in [0.1, 0.15) is 19.4 Å². The maximum Gasteiger partial charge on any atom is 0.350 e. The molecule has 0 spiro atoms. The van der Waals surface area contributed by atoms with Crippen LogP contribution in [-0.2, 0) is 16.1 Å². The Kier molecular flexibility index (Phi) is 8.27. The van der Waals surface area contributed by atoms with Gasteiger partial charge in [-0.05, 0) is 44.5 Å². The normalized spacial score (nSPS) is 23.0. The van der Waals surface area contributed by atoms with Crippen LogP contribution >= 0.6 is 23.4 Å². The van der Waals surface area contributed by atoms with E-state index in [1.807, 2.05) is 26.8 Å². The number of thioether (sulfide) groups is 1. The molecule has 12 heteroatoms. The van der Waals surface area contributed by atoms with Crippen molar-refractivity contribution in [3.8, 4) is 11.1 Å². The van der Waals surface area contributed by atoms with Crippen LogP contribution in [0.2, 0.25) is 5.02 Å². The van der Waals surface area contributed by atoms with Gasteiger partial charge < -0.3 is 14.5 Å². The van der Waals surface area contributed by atoms with Gasteiger partial charge in [-0.2, -0.15) is 4.98 Å². The van der Waals surface area contributed by atoms with E-state index in [9.17, 15) is 14.0 Å². The van der Waals surface area contributed by atoms with Gasteiger partial charge in [0.25, 0.3) is 0 Å². The van der Waals surface area contributed by atoms with Gasteiger partial charge in [0, 0.05) is 84.1 Å². The third kappa shape index (κ3) is 5.34. The quantitative estimate of drug-likeness (QED) is 0.306. The number of morpholine rings is 1. The average Bonchev–Trinajstić information content (AvgIpc) is 3.18. The van der Waals surface area contributed by atoms with Crippen molar-refractivity contribution in [2.45, 2.75) is 50.3 Å². The molecule has 4 heterocycles. The second-order valence-electron chi connectivity index (χ2n) is 11.5. The number of nitrogens with zero attached hydrogens (tertiary/aromatic N) is 5. The molecule has 3 atom stereocenters. The molecule has 2 fully saturated rings. The van der Waals surface area contributed by atoms with Crippen molar-refractivity contribution in [2.75, 3.05) is 50.0 Å². The van der Waals surface area contributed by atoms with Crippen LogP contribution in [0.3, 0.4) is 0 Å². The highest BCUT2D eigenvalue weighted by molar-refractivity contribution is 7.99. The van der Waals surface area contributed by atoms with Crippen LogP contribution in [0.4, 0.5) is 14.6 Å². The van der Waals surface area contributed by atoms with Gasteiger partial charge in [0.15, 0.2) is 0 Å². The molecule has 228 valence electrons. The highest BCUT2D eigenvalue weighted by Crippen LogP contribution is 2.45. The largest absolute Gasteiger partial charge is 0.379 e. The van der Waals surface area contributed by atoms with Gasteiger partial charge in [0.05, 0.1) is 23.8 Å². The molecule has 3 aliphatic heterocycles. The van der Waals surface area contributed by atoms with E-state index in [0.717, 1.165) is 35.0 Å². The first-order chi connectivity index (χ1) is 20.6. The van der Waals surface area contributed by atoms with Crippen molar-refractivity contribution < 1.29 is 18.3 Å². The number of aryl methyl sites for hydroxylation is 1. The molecule has 0 saturated carbocycles. The Labute approximate surface area is 258 Å². The molecule has 1 unspecified atom stereocenters. The highest BCUT2D eigenvalue weighted by atomic mass is 35.5. The summed E-state index contributed by atoms with van der Waals surface area (Å²) in [7, 11) is 0. The molecule has 2 saturated heterocycles. The fourth-order valence-corrected chi connectivity index (χ4v) is 8.38. The molecule has 2 aromatic carbocycles. The van der Waals surface area contributed by atoms with Gasteiger partial charge in [-0.1, -0.05) is 18.2 Å². The zero-order chi connectivity index (χ0) is 30.6. The van der Waals surface area contributed by atoms with Crippen molar-refractivity contribution in [3.63, 3.8) is 0 Å². The van der Waals surface area contributed by atoms with Crippen LogP contribution in [0.25, 0.3) is 22.0 Å². The second-order valence-corrected chi connectivity index (χ2v) is 13.0. The third-order valence-electron chi connectivity index (χ3n) is 8.70. The summed E-state index contributed by atoms with van der Waals surface area (Å²) in [6, 6.07) is 3.82. The maximum absolute atomic E-state index is 15.4. The lowest BCUT2D eigenvalue weighted by atomic mass is 9.97. The number of piperazine rings is 1. The minimum atomic E-state index is -0.826. The number of anilines is 1. The van der Waals surface area contributed by atoms with Crippen LogP contribution < -0.4 is 10.6 Å². The summed E-state index contributed by atoms with van der Waals surface area (Å²) in [5, 5.41) is 0.609. The number of hydrogen-bond donors (Lipinski definition) is 0. The molecule has 1 amide bonds. The van der Waals surface area contributed by atoms with E-state index in [1.54, 1.807) is 21.2 Å². The molecule has 3 aromatic rings. The second kappa shape index (κ2) is 11.8.